The minimum atomic E-state index is -0.323. The summed E-state index contributed by atoms with van der Waals surface area (Å²) in [5, 5.41) is 5.88. The van der Waals surface area contributed by atoms with Gasteiger partial charge >= 0.3 is 6.85 Å². The molecule has 0 bridgehead atoms. The van der Waals surface area contributed by atoms with Crippen molar-refractivity contribution in [2.45, 2.75) is 104 Å². The van der Waals surface area contributed by atoms with Gasteiger partial charge < -0.3 is 18.5 Å². The molecule has 0 N–H and O–H groups in total. The van der Waals surface area contributed by atoms with Gasteiger partial charge in [0.15, 0.2) is 0 Å². The van der Waals surface area contributed by atoms with Gasteiger partial charge in [-0.05, 0) is 152 Å². The maximum absolute atomic E-state index is 7.40. The maximum Gasteiger partial charge on any atom is 0.333 e. The van der Waals surface area contributed by atoms with Crippen molar-refractivity contribution in [3.63, 3.8) is 0 Å². The van der Waals surface area contributed by atoms with Gasteiger partial charge in [-0.3, -0.25) is 0 Å². The third kappa shape index (κ3) is 7.65. The number of para-hydroxylation sites is 1. The third-order valence-electron chi connectivity index (χ3n) is 19.2. The molecular weight excluding hydrogens is 1040 g/mol. The Morgan fingerprint density at radius 2 is 1.04 bits per heavy atom. The van der Waals surface area contributed by atoms with Crippen LogP contribution in [0.4, 0.5) is 28.4 Å². The van der Waals surface area contributed by atoms with Crippen molar-refractivity contribution >= 4 is 111 Å². The summed E-state index contributed by atoms with van der Waals surface area (Å²) in [5.41, 5.74) is 24.1. The average molecular weight is 1110 g/mol. The van der Waals surface area contributed by atoms with Gasteiger partial charge in [0.05, 0.1) is 5.69 Å². The fourth-order valence-electron chi connectivity index (χ4n) is 14.5. The number of benzene rings is 10. The normalized spacial score (nSPS) is 15.3. The molecule has 13 aromatic rings. The molecule has 6 heteroatoms. The number of fused-ring (bicyclic) bond motifs is 13. The zero-order valence-electron chi connectivity index (χ0n) is 49.7. The van der Waals surface area contributed by atoms with Crippen molar-refractivity contribution in [1.82, 2.24) is 0 Å². The van der Waals surface area contributed by atoms with E-state index >= 15 is 0 Å². The van der Waals surface area contributed by atoms with Crippen LogP contribution in [0.5, 0.6) is 0 Å². The monoisotopic (exact) mass is 1110 g/mol. The average Bonchev–Trinajstić information content (AvgIpc) is 1.54. The molecule has 1 aliphatic carbocycles. The van der Waals surface area contributed by atoms with E-state index in [1.54, 1.807) is 0 Å². The van der Waals surface area contributed by atoms with Crippen LogP contribution in [0.1, 0.15) is 104 Å². The summed E-state index contributed by atoms with van der Waals surface area (Å²) >= 11 is 1.94. The lowest BCUT2D eigenvalue weighted by Crippen LogP contribution is -2.61. The summed E-state index contributed by atoms with van der Waals surface area (Å²) in [6.07, 6.45) is 2.33. The molecular formula is C78H67BN2O2S. The van der Waals surface area contributed by atoms with Crippen LogP contribution in [-0.2, 0) is 21.7 Å². The molecule has 0 unspecified atom stereocenters. The SMILES string of the molecule is CC(C)(C)c1ccc(N2B3c4cc5oc(-c6ccccc6)c(-c6ccccc6)c5cc4N(c4ccc(C(C)(C)C)cc4-c4ccccc4)c4cc5c(oc6ccccc65)c(c43)-c3cc4c(cc32)sc2cc3c(cc24)C(C)(C)CCC3(C)C)cc1. The molecule has 10 aromatic carbocycles. The van der Waals surface area contributed by atoms with Gasteiger partial charge in [0, 0.05) is 86.9 Å². The van der Waals surface area contributed by atoms with Crippen molar-refractivity contribution in [3.8, 4) is 44.7 Å². The van der Waals surface area contributed by atoms with Gasteiger partial charge in [-0.15, -0.1) is 11.3 Å². The first-order valence-corrected chi connectivity index (χ1v) is 30.9. The largest absolute Gasteiger partial charge is 0.455 e. The lowest BCUT2D eigenvalue weighted by molar-refractivity contribution is 0.332. The molecule has 0 amide bonds. The first-order chi connectivity index (χ1) is 40.4. The topological polar surface area (TPSA) is 32.8 Å². The fourth-order valence-corrected chi connectivity index (χ4v) is 15.7. The van der Waals surface area contributed by atoms with Gasteiger partial charge in [0.25, 0.3) is 0 Å². The van der Waals surface area contributed by atoms with Crippen molar-refractivity contribution in [2.75, 3.05) is 9.71 Å². The maximum atomic E-state index is 7.40. The summed E-state index contributed by atoms with van der Waals surface area (Å²) in [6.45, 7) is 23.4. The molecule has 0 radical (unpaired) electrons. The van der Waals surface area contributed by atoms with Crippen molar-refractivity contribution in [3.05, 3.63) is 222 Å². The Bertz CT molecular complexity index is 4860. The summed E-state index contributed by atoms with van der Waals surface area (Å²) < 4.78 is 17.4. The van der Waals surface area contributed by atoms with Gasteiger partial charge in [-0.2, -0.15) is 0 Å². The van der Waals surface area contributed by atoms with Gasteiger partial charge in [0.2, 0.25) is 0 Å². The Kier molecular flexibility index (Phi) is 10.9. The van der Waals surface area contributed by atoms with E-state index in [4.69, 9.17) is 8.83 Å². The van der Waals surface area contributed by atoms with E-state index in [9.17, 15) is 0 Å². The van der Waals surface area contributed by atoms with E-state index in [0.29, 0.717) is 0 Å². The highest BCUT2D eigenvalue weighted by Gasteiger charge is 2.48. The lowest BCUT2D eigenvalue weighted by atomic mass is 9.43. The highest BCUT2D eigenvalue weighted by atomic mass is 32.1. The van der Waals surface area contributed by atoms with Crippen molar-refractivity contribution in [2.24, 2.45) is 0 Å². The molecule has 0 saturated carbocycles. The van der Waals surface area contributed by atoms with Crippen molar-refractivity contribution in [1.29, 1.82) is 0 Å². The molecule has 84 heavy (non-hydrogen) atoms. The predicted octanol–water partition coefficient (Wildman–Crippen LogP) is 21.4. The Hall–Kier alpha value is -8.58. The van der Waals surface area contributed by atoms with E-state index in [0.717, 1.165) is 107 Å². The van der Waals surface area contributed by atoms with Gasteiger partial charge in [0.1, 0.15) is 22.5 Å². The number of furan rings is 2. The zero-order chi connectivity index (χ0) is 57.3. The molecule has 410 valence electrons. The second-order valence-corrected chi connectivity index (χ2v) is 28.6. The highest BCUT2D eigenvalue weighted by molar-refractivity contribution is 7.26. The molecule has 0 saturated heterocycles. The Morgan fingerprint density at radius 3 is 1.73 bits per heavy atom. The quantitative estimate of drug-likeness (QED) is 0.161. The lowest BCUT2D eigenvalue weighted by Gasteiger charge is -2.46. The van der Waals surface area contributed by atoms with E-state index in [-0.39, 0.29) is 28.5 Å². The minimum absolute atomic E-state index is 0.0364. The van der Waals surface area contributed by atoms with E-state index in [1.807, 2.05) is 11.3 Å². The van der Waals surface area contributed by atoms with Crippen LogP contribution < -0.4 is 20.6 Å². The molecule has 0 fully saturated rings. The Morgan fingerprint density at radius 1 is 0.440 bits per heavy atom. The summed E-state index contributed by atoms with van der Waals surface area (Å²) in [6, 6.07) is 75.4. The molecule has 3 aromatic heterocycles. The second kappa shape index (κ2) is 18.0. The van der Waals surface area contributed by atoms with Crippen LogP contribution in [0, 0.1) is 0 Å². The van der Waals surface area contributed by atoms with E-state index < -0.39 is 0 Å². The molecule has 3 aliphatic rings. The Balaban J connectivity index is 1.09. The molecule has 16 rings (SSSR count). The van der Waals surface area contributed by atoms with Gasteiger partial charge in [-0.25, -0.2) is 0 Å². The summed E-state index contributed by atoms with van der Waals surface area (Å²) in [5.74, 6) is 0.858. The Labute approximate surface area is 497 Å². The van der Waals surface area contributed by atoms with Crippen LogP contribution in [0.15, 0.2) is 209 Å². The number of anilines is 5. The van der Waals surface area contributed by atoms with E-state index in [1.165, 1.54) is 65.4 Å². The first-order valence-electron chi connectivity index (χ1n) is 30.0. The predicted molar refractivity (Wildman–Crippen MR) is 359 cm³/mol. The third-order valence-corrected chi connectivity index (χ3v) is 20.3. The minimum Gasteiger partial charge on any atom is -0.455 e. The number of thiophene rings is 1. The second-order valence-electron chi connectivity index (χ2n) is 27.5. The summed E-state index contributed by atoms with van der Waals surface area (Å²) in [4.78, 5) is 5.29. The van der Waals surface area contributed by atoms with Gasteiger partial charge in [-0.1, -0.05) is 197 Å². The molecule has 0 spiro atoms. The molecule has 2 aliphatic heterocycles. The number of rotatable bonds is 5. The smallest absolute Gasteiger partial charge is 0.333 e. The molecule has 5 heterocycles. The first kappa shape index (κ1) is 51.1. The van der Waals surface area contributed by atoms with E-state index in [2.05, 4.69) is 279 Å². The van der Waals surface area contributed by atoms with Crippen LogP contribution >= 0.6 is 11.3 Å². The van der Waals surface area contributed by atoms with Crippen LogP contribution in [0.3, 0.4) is 0 Å². The van der Waals surface area contributed by atoms with Crippen molar-refractivity contribution < 1.29 is 8.83 Å². The molecule has 4 nitrogen and oxygen atoms in total. The summed E-state index contributed by atoms with van der Waals surface area (Å²) in [7, 11) is 0. The number of nitrogens with zero attached hydrogens (tertiary/aromatic N) is 2. The zero-order valence-corrected chi connectivity index (χ0v) is 50.5. The number of hydrogen-bond donors (Lipinski definition) is 0. The van der Waals surface area contributed by atoms with Crippen LogP contribution in [0.2, 0.25) is 0 Å². The van der Waals surface area contributed by atoms with Crippen LogP contribution in [-0.4, -0.2) is 6.85 Å². The molecule has 0 atom stereocenters. The number of hydrogen-bond acceptors (Lipinski definition) is 5. The highest BCUT2D eigenvalue weighted by Crippen LogP contribution is 2.56. The fraction of sp³-hybridized carbons (Fsp3) is 0.205. The standard InChI is InChI=1S/C78H67BN2O2S/c1-75(2,3)49-30-33-51(34-31-49)81-63-45-69-54(55-40-59-60(43-68(55)84-69)78(9,10)37-36-77(59,7)8)39-57(63)71-72-65(41-56-52-28-20-21-29-66(52)82-74(56)71)80(62-35-32-50(76(4,5)6)38-53(62)46-22-14-11-15-23-46)64-42-58-67(44-61(64)79(72)81)83-73(48-26-18-13-19-27-48)70(58)47-24-16-12-17-25-47/h11-35,38-45H,36-37H2,1-10H3. The van der Waals surface area contributed by atoms with Crippen LogP contribution in [0.25, 0.3) is 97.8 Å².